The molecule has 20 heavy (non-hydrogen) atoms. The molecule has 1 aliphatic heterocycles. The van der Waals surface area contributed by atoms with E-state index in [2.05, 4.69) is 5.32 Å². The Hall–Kier alpha value is -0.340. The summed E-state index contributed by atoms with van der Waals surface area (Å²) >= 11 is 0. The predicted octanol–water partition coefficient (Wildman–Crippen LogP) is 1.98. The summed E-state index contributed by atoms with van der Waals surface area (Å²) in [6.07, 6.45) is -2.30. The summed E-state index contributed by atoms with van der Waals surface area (Å²) in [5, 5.41) is 3.18. The van der Waals surface area contributed by atoms with E-state index in [1.165, 1.54) is 13.8 Å². The van der Waals surface area contributed by atoms with Gasteiger partial charge in [-0.1, -0.05) is 0 Å². The molecule has 120 valence electrons. The maximum Gasteiger partial charge on any atom is 0.402 e. The Morgan fingerprint density at radius 3 is 2.25 bits per heavy atom. The minimum Gasteiger partial charge on any atom is -0.317 e. The van der Waals surface area contributed by atoms with Gasteiger partial charge in [0.1, 0.15) is 6.54 Å². The Balaban J connectivity index is 2.62. The van der Waals surface area contributed by atoms with Crippen LogP contribution in [0.2, 0.25) is 0 Å². The molecule has 8 heteroatoms. The molecule has 0 aromatic carbocycles. The van der Waals surface area contributed by atoms with Crippen molar-refractivity contribution in [2.45, 2.75) is 45.3 Å². The molecule has 0 aromatic heterocycles. The Morgan fingerprint density at radius 1 is 1.25 bits per heavy atom. The molecule has 0 bridgehead atoms. The van der Waals surface area contributed by atoms with Crippen LogP contribution in [-0.2, 0) is 10.0 Å². The highest BCUT2D eigenvalue weighted by atomic mass is 32.2. The summed E-state index contributed by atoms with van der Waals surface area (Å²) in [7, 11) is -3.86. The van der Waals surface area contributed by atoms with Crippen LogP contribution in [0.25, 0.3) is 0 Å². The normalized spacial score (nSPS) is 18.9. The molecule has 4 nitrogen and oxygen atoms in total. The number of alkyl halides is 3. The van der Waals surface area contributed by atoms with Crippen LogP contribution < -0.4 is 5.32 Å². The number of piperidine rings is 1. The molecule has 1 N–H and O–H groups in total. The van der Waals surface area contributed by atoms with Crippen molar-refractivity contribution in [3.8, 4) is 0 Å². The van der Waals surface area contributed by atoms with Crippen LogP contribution in [0.5, 0.6) is 0 Å². The van der Waals surface area contributed by atoms with Crippen LogP contribution in [-0.4, -0.2) is 50.3 Å². The average molecular weight is 316 g/mol. The smallest absolute Gasteiger partial charge is 0.317 e. The molecule has 1 rings (SSSR count). The Morgan fingerprint density at radius 2 is 1.80 bits per heavy atom. The standard InChI is InChI=1S/C12H23F3N2O2S/c1-10(2)17(9-12(13,14)15)20(18,19)8-5-11-3-6-16-7-4-11/h10-11,16H,3-9H2,1-2H3. The molecular formula is C12H23F3N2O2S. The van der Waals surface area contributed by atoms with Crippen molar-refractivity contribution >= 4 is 10.0 Å². The monoisotopic (exact) mass is 316 g/mol. The molecule has 0 spiro atoms. The minimum absolute atomic E-state index is 0.202. The first-order valence-corrected chi connectivity index (χ1v) is 8.50. The van der Waals surface area contributed by atoms with Crippen molar-refractivity contribution in [1.82, 2.24) is 9.62 Å². The van der Waals surface area contributed by atoms with Crippen LogP contribution in [0.15, 0.2) is 0 Å². The molecule has 0 aromatic rings. The van der Waals surface area contributed by atoms with Gasteiger partial charge < -0.3 is 5.32 Å². The fourth-order valence-electron chi connectivity index (χ4n) is 2.38. The molecule has 0 unspecified atom stereocenters. The molecule has 1 heterocycles. The van der Waals surface area contributed by atoms with E-state index in [1.54, 1.807) is 0 Å². The second-order valence-corrected chi connectivity index (χ2v) is 7.59. The van der Waals surface area contributed by atoms with Crippen molar-refractivity contribution in [1.29, 1.82) is 0 Å². The van der Waals surface area contributed by atoms with Gasteiger partial charge in [0.2, 0.25) is 10.0 Å². The van der Waals surface area contributed by atoms with Gasteiger partial charge in [-0.15, -0.1) is 0 Å². The molecule has 0 amide bonds. The van der Waals surface area contributed by atoms with E-state index in [9.17, 15) is 21.6 Å². The molecule has 0 saturated carbocycles. The number of halogens is 3. The van der Waals surface area contributed by atoms with Crippen molar-refractivity contribution in [3.63, 3.8) is 0 Å². The maximum atomic E-state index is 12.5. The molecule has 0 radical (unpaired) electrons. The highest BCUT2D eigenvalue weighted by Gasteiger charge is 2.37. The van der Waals surface area contributed by atoms with Crippen molar-refractivity contribution in [3.05, 3.63) is 0 Å². The zero-order valence-electron chi connectivity index (χ0n) is 11.9. The minimum atomic E-state index is -4.51. The largest absolute Gasteiger partial charge is 0.402 e. The van der Waals surface area contributed by atoms with E-state index in [0.717, 1.165) is 25.9 Å². The highest BCUT2D eigenvalue weighted by Crippen LogP contribution is 2.23. The number of hydrogen-bond acceptors (Lipinski definition) is 3. The summed E-state index contributed by atoms with van der Waals surface area (Å²) in [5.74, 6) is 0.0808. The van der Waals surface area contributed by atoms with Gasteiger partial charge >= 0.3 is 6.18 Å². The Labute approximate surface area is 118 Å². The fraction of sp³-hybridized carbons (Fsp3) is 1.00. The number of sulfonamides is 1. The number of nitrogens with one attached hydrogen (secondary N) is 1. The number of hydrogen-bond donors (Lipinski definition) is 1. The van der Waals surface area contributed by atoms with Crippen molar-refractivity contribution < 1.29 is 21.6 Å². The first-order chi connectivity index (χ1) is 9.12. The van der Waals surface area contributed by atoms with Gasteiger partial charge in [-0.05, 0) is 52.1 Å². The second-order valence-electron chi connectivity index (χ2n) is 5.55. The molecule has 1 fully saturated rings. The summed E-state index contributed by atoms with van der Waals surface area (Å²) in [6.45, 7) is 3.23. The van der Waals surface area contributed by atoms with E-state index in [0.29, 0.717) is 10.7 Å². The van der Waals surface area contributed by atoms with Crippen molar-refractivity contribution in [2.75, 3.05) is 25.4 Å². The fourth-order valence-corrected chi connectivity index (χ4v) is 4.23. The van der Waals surface area contributed by atoms with E-state index >= 15 is 0 Å². The molecular weight excluding hydrogens is 293 g/mol. The van der Waals surface area contributed by atoms with Gasteiger partial charge in [-0.25, -0.2) is 8.42 Å². The van der Waals surface area contributed by atoms with Crippen LogP contribution >= 0.6 is 0 Å². The quantitative estimate of drug-likeness (QED) is 0.815. The van der Waals surface area contributed by atoms with Crippen LogP contribution in [0.4, 0.5) is 13.2 Å². The topological polar surface area (TPSA) is 49.4 Å². The second kappa shape index (κ2) is 7.09. The van der Waals surface area contributed by atoms with Gasteiger partial charge in [0.15, 0.2) is 0 Å². The van der Waals surface area contributed by atoms with E-state index in [-0.39, 0.29) is 11.7 Å². The van der Waals surface area contributed by atoms with E-state index < -0.39 is 28.8 Å². The van der Waals surface area contributed by atoms with Crippen LogP contribution in [0, 0.1) is 5.92 Å². The lowest BCUT2D eigenvalue weighted by atomic mass is 9.96. The summed E-state index contributed by atoms with van der Waals surface area (Å²) in [6, 6.07) is -0.686. The number of rotatable bonds is 6. The van der Waals surface area contributed by atoms with Gasteiger partial charge in [0, 0.05) is 6.04 Å². The third-order valence-electron chi connectivity index (χ3n) is 3.51. The molecule has 1 saturated heterocycles. The van der Waals surface area contributed by atoms with Crippen LogP contribution in [0.3, 0.4) is 0 Å². The lowest BCUT2D eigenvalue weighted by molar-refractivity contribution is -0.138. The van der Waals surface area contributed by atoms with Crippen molar-refractivity contribution in [2.24, 2.45) is 5.92 Å². The van der Waals surface area contributed by atoms with Gasteiger partial charge in [0.25, 0.3) is 0 Å². The van der Waals surface area contributed by atoms with Crippen LogP contribution in [0.1, 0.15) is 33.1 Å². The first-order valence-electron chi connectivity index (χ1n) is 6.89. The molecule has 0 atom stereocenters. The Kier molecular flexibility index (Phi) is 6.27. The zero-order valence-corrected chi connectivity index (χ0v) is 12.7. The first kappa shape index (κ1) is 17.7. The summed E-state index contributed by atoms with van der Waals surface area (Å²) < 4.78 is 62.2. The zero-order chi connectivity index (χ0) is 15.4. The third-order valence-corrected chi connectivity index (χ3v) is 5.53. The van der Waals surface area contributed by atoms with E-state index in [1.807, 2.05) is 0 Å². The Bertz CT molecular complexity index is 390. The molecule has 0 aliphatic carbocycles. The summed E-state index contributed by atoms with van der Waals surface area (Å²) in [5.41, 5.74) is 0. The van der Waals surface area contributed by atoms with E-state index in [4.69, 9.17) is 0 Å². The maximum absolute atomic E-state index is 12.5. The van der Waals surface area contributed by atoms with Gasteiger partial charge in [-0.3, -0.25) is 0 Å². The van der Waals surface area contributed by atoms with Gasteiger partial charge in [0.05, 0.1) is 5.75 Å². The lowest BCUT2D eigenvalue weighted by Gasteiger charge is -2.28. The SMILES string of the molecule is CC(C)N(CC(F)(F)F)S(=O)(=O)CCC1CCNCC1. The predicted molar refractivity (Wildman–Crippen MR) is 71.9 cm³/mol. The van der Waals surface area contributed by atoms with Gasteiger partial charge in [-0.2, -0.15) is 17.5 Å². The lowest BCUT2D eigenvalue weighted by Crippen LogP contribution is -2.44. The average Bonchev–Trinajstić information content (AvgIpc) is 2.33. The summed E-state index contributed by atoms with van der Waals surface area (Å²) in [4.78, 5) is 0. The third kappa shape index (κ3) is 5.97. The highest BCUT2D eigenvalue weighted by molar-refractivity contribution is 7.89. The molecule has 1 aliphatic rings. The number of nitrogens with zero attached hydrogens (tertiary/aromatic N) is 1.